The number of unbranched alkanes of at least 4 members (excludes halogenated alkanes) is 1. The summed E-state index contributed by atoms with van der Waals surface area (Å²) in [7, 11) is 0. The Morgan fingerprint density at radius 3 is 2.65 bits per heavy atom. The molecular formula is C26H36N2O5S. The van der Waals surface area contributed by atoms with Gasteiger partial charge in [0.1, 0.15) is 6.04 Å². The molecule has 3 heterocycles. The summed E-state index contributed by atoms with van der Waals surface area (Å²) < 4.78 is 4.29. The molecule has 186 valence electrons. The number of aliphatic hydroxyl groups excluding tert-OH is 1. The molecule has 2 N–H and O–H groups in total. The van der Waals surface area contributed by atoms with Crippen LogP contribution in [0.1, 0.15) is 52.0 Å². The van der Waals surface area contributed by atoms with Crippen LogP contribution in [-0.2, 0) is 25.5 Å². The number of carbonyl (C=O) groups excluding carboxylic acids is 3. The number of amides is 2. The zero-order valence-corrected chi connectivity index (χ0v) is 21.1. The second-order valence-corrected chi connectivity index (χ2v) is 11.8. The van der Waals surface area contributed by atoms with E-state index in [1.807, 2.05) is 37.3 Å². The third-order valence-electron chi connectivity index (χ3n) is 7.75. The van der Waals surface area contributed by atoms with Crippen molar-refractivity contribution in [3.8, 4) is 0 Å². The summed E-state index contributed by atoms with van der Waals surface area (Å²) >= 11 is 1.63. The van der Waals surface area contributed by atoms with Gasteiger partial charge in [-0.1, -0.05) is 43.7 Å². The molecule has 1 aromatic rings. The number of nitrogens with zero attached hydrogens (tertiary/aromatic N) is 1. The van der Waals surface area contributed by atoms with Crippen LogP contribution in [0.15, 0.2) is 30.3 Å². The summed E-state index contributed by atoms with van der Waals surface area (Å²) in [4.78, 5) is 42.5. The van der Waals surface area contributed by atoms with Crippen LogP contribution in [0.5, 0.6) is 0 Å². The van der Waals surface area contributed by atoms with E-state index < -0.39 is 33.4 Å². The van der Waals surface area contributed by atoms with Gasteiger partial charge in [-0.05, 0) is 45.1 Å². The number of hydrogen-bond acceptors (Lipinski definition) is 6. The first-order valence-corrected chi connectivity index (χ1v) is 13.3. The van der Waals surface area contributed by atoms with Gasteiger partial charge >= 0.3 is 5.97 Å². The van der Waals surface area contributed by atoms with Crippen LogP contribution in [0.4, 0.5) is 0 Å². The number of nitrogens with one attached hydrogen (secondary N) is 1. The van der Waals surface area contributed by atoms with Gasteiger partial charge in [-0.3, -0.25) is 14.4 Å². The zero-order chi connectivity index (χ0) is 24.5. The van der Waals surface area contributed by atoms with Gasteiger partial charge in [-0.25, -0.2) is 0 Å². The maximum absolute atomic E-state index is 14.1. The maximum atomic E-state index is 14.1. The third kappa shape index (κ3) is 4.02. The van der Waals surface area contributed by atoms with Crippen LogP contribution in [0.2, 0.25) is 0 Å². The molecule has 3 aliphatic rings. The fourth-order valence-corrected chi connectivity index (χ4v) is 8.60. The van der Waals surface area contributed by atoms with Gasteiger partial charge in [0.25, 0.3) is 0 Å². The molecule has 0 aliphatic carbocycles. The lowest BCUT2D eigenvalue weighted by molar-refractivity contribution is -0.155. The van der Waals surface area contributed by atoms with E-state index in [1.54, 1.807) is 23.6 Å². The van der Waals surface area contributed by atoms with Crippen LogP contribution < -0.4 is 5.32 Å². The molecule has 8 heteroatoms. The molecule has 1 spiro atoms. The Balaban J connectivity index is 1.73. The lowest BCUT2D eigenvalue weighted by Crippen LogP contribution is -2.57. The minimum atomic E-state index is -0.728. The van der Waals surface area contributed by atoms with E-state index in [4.69, 9.17) is 4.74 Å². The quantitative estimate of drug-likeness (QED) is 0.388. The molecule has 4 rings (SSSR count). The molecule has 3 fully saturated rings. The molecule has 6 atom stereocenters. The summed E-state index contributed by atoms with van der Waals surface area (Å²) in [6.07, 6.45) is 3.68. The zero-order valence-electron chi connectivity index (χ0n) is 20.3. The average Bonchev–Trinajstić information content (AvgIpc) is 3.39. The first kappa shape index (κ1) is 25.0. The van der Waals surface area contributed by atoms with Crippen LogP contribution in [0.3, 0.4) is 0 Å². The Hall–Kier alpha value is -2.06. The predicted octanol–water partition coefficient (Wildman–Crippen LogP) is 2.55. The summed E-state index contributed by atoms with van der Waals surface area (Å²) in [5.74, 6) is -1.96. The largest absolute Gasteiger partial charge is 0.466 e. The van der Waals surface area contributed by atoms with Crippen molar-refractivity contribution >= 4 is 29.5 Å². The number of thioether (sulfide) groups is 1. The number of aliphatic hydroxyl groups is 1. The van der Waals surface area contributed by atoms with E-state index in [2.05, 4.69) is 12.2 Å². The maximum Gasteiger partial charge on any atom is 0.311 e. The predicted molar refractivity (Wildman–Crippen MR) is 131 cm³/mol. The molecule has 2 unspecified atom stereocenters. The van der Waals surface area contributed by atoms with E-state index in [1.165, 1.54) is 0 Å². The number of rotatable bonds is 10. The highest BCUT2D eigenvalue weighted by atomic mass is 32.2. The Morgan fingerprint density at radius 1 is 1.26 bits per heavy atom. The van der Waals surface area contributed by atoms with Gasteiger partial charge in [0, 0.05) is 11.3 Å². The topological polar surface area (TPSA) is 95.9 Å². The molecule has 1 aromatic carbocycles. The highest BCUT2D eigenvalue weighted by Crippen LogP contribution is 2.71. The van der Waals surface area contributed by atoms with Crippen molar-refractivity contribution in [1.29, 1.82) is 0 Å². The number of esters is 1. The van der Waals surface area contributed by atoms with Gasteiger partial charge in [0.15, 0.2) is 0 Å². The molecule has 7 nitrogen and oxygen atoms in total. The summed E-state index contributed by atoms with van der Waals surface area (Å²) in [5.41, 5.74) is 0.986. The van der Waals surface area contributed by atoms with Crippen LogP contribution in [0.25, 0.3) is 0 Å². The number of carbonyl (C=O) groups is 3. The summed E-state index contributed by atoms with van der Waals surface area (Å²) in [5, 5.41) is 13.4. The fraction of sp³-hybridized carbons (Fsp3) is 0.654. The summed E-state index contributed by atoms with van der Waals surface area (Å²) in [6.45, 7) is 6.40. The van der Waals surface area contributed by atoms with Crippen molar-refractivity contribution in [1.82, 2.24) is 10.2 Å². The fourth-order valence-electron chi connectivity index (χ4n) is 6.27. The Bertz CT molecular complexity index is 927. The first-order chi connectivity index (χ1) is 16.3. The number of benzene rings is 1. The molecule has 2 bridgehead atoms. The van der Waals surface area contributed by atoms with Crippen molar-refractivity contribution in [2.45, 2.75) is 74.5 Å². The van der Waals surface area contributed by atoms with Crippen molar-refractivity contribution < 1.29 is 24.2 Å². The molecule has 0 radical (unpaired) electrons. The average molecular weight is 489 g/mol. The highest BCUT2D eigenvalue weighted by Gasteiger charge is 2.77. The molecule has 34 heavy (non-hydrogen) atoms. The minimum absolute atomic E-state index is 0.183. The highest BCUT2D eigenvalue weighted by molar-refractivity contribution is 8.02. The van der Waals surface area contributed by atoms with E-state index >= 15 is 0 Å². The molecule has 0 saturated carbocycles. The Kier molecular flexibility index (Phi) is 7.29. The van der Waals surface area contributed by atoms with Gasteiger partial charge in [-0.15, -0.1) is 11.8 Å². The smallest absolute Gasteiger partial charge is 0.311 e. The first-order valence-electron chi connectivity index (χ1n) is 12.4. The molecule has 3 saturated heterocycles. The second kappa shape index (κ2) is 9.90. The number of fused-ring (bicyclic) bond motifs is 1. The van der Waals surface area contributed by atoms with E-state index in [-0.39, 0.29) is 31.0 Å². The van der Waals surface area contributed by atoms with Gasteiger partial charge in [0.2, 0.25) is 11.8 Å². The summed E-state index contributed by atoms with van der Waals surface area (Å²) in [6, 6.07) is 8.41. The second-order valence-electron chi connectivity index (χ2n) is 9.90. The molecule has 3 aliphatic heterocycles. The van der Waals surface area contributed by atoms with Crippen LogP contribution in [0, 0.1) is 11.8 Å². The lowest BCUT2D eigenvalue weighted by Gasteiger charge is -2.37. The third-order valence-corrected chi connectivity index (χ3v) is 9.74. The van der Waals surface area contributed by atoms with Gasteiger partial charge in [0.05, 0.1) is 35.8 Å². The van der Waals surface area contributed by atoms with Crippen molar-refractivity contribution in [2.24, 2.45) is 11.8 Å². The van der Waals surface area contributed by atoms with Crippen molar-refractivity contribution in [3.63, 3.8) is 0 Å². The van der Waals surface area contributed by atoms with E-state index in [0.29, 0.717) is 19.4 Å². The van der Waals surface area contributed by atoms with E-state index in [9.17, 15) is 19.5 Å². The van der Waals surface area contributed by atoms with Crippen molar-refractivity contribution in [2.75, 3.05) is 19.8 Å². The monoisotopic (exact) mass is 488 g/mol. The molecule has 0 aromatic heterocycles. The van der Waals surface area contributed by atoms with Crippen LogP contribution in [-0.4, -0.2) is 69.1 Å². The number of likely N-dealkylation sites (tertiary alicyclic amines) is 1. The number of hydrogen-bond donors (Lipinski definition) is 2. The van der Waals surface area contributed by atoms with Gasteiger partial charge in [-0.2, -0.15) is 0 Å². The minimum Gasteiger partial charge on any atom is -0.466 e. The Labute approximate surface area is 206 Å². The molecule has 2 amide bonds. The SMILES string of the molecule is CCCCNC(=O)C1N([C@@H](CO)Cc2ccccc2)C(=O)[C@@H]2[C@@H](C(=O)OCC)[C@@]3(C)CCC12S3. The van der Waals surface area contributed by atoms with Crippen molar-refractivity contribution in [3.05, 3.63) is 35.9 Å². The van der Waals surface area contributed by atoms with Crippen LogP contribution >= 0.6 is 11.8 Å². The number of ether oxygens (including phenoxy) is 1. The lowest BCUT2D eigenvalue weighted by atomic mass is 9.66. The van der Waals surface area contributed by atoms with E-state index in [0.717, 1.165) is 24.8 Å². The standard InChI is InChI=1S/C26H36N2O5S/c1-4-6-14-27-22(30)21-26-13-12-25(3,34-26)20(24(32)33-5-2)19(26)23(31)28(21)18(16-29)15-17-10-8-7-9-11-17/h7-11,18-21,29H,4-6,12-16H2,1-3H3,(H,27,30)/t18-,19+,20+,21?,25-,26?/m1/s1. The normalized spacial score (nSPS) is 32.5. The Morgan fingerprint density at radius 2 is 2.00 bits per heavy atom. The molecular weight excluding hydrogens is 452 g/mol. The van der Waals surface area contributed by atoms with Gasteiger partial charge < -0.3 is 20.1 Å².